The Morgan fingerprint density at radius 3 is 2.88 bits per heavy atom. The first-order valence-electron chi connectivity index (χ1n) is 6.26. The SMILES string of the molecule is CCN(CC(C)CN)C(=O)CC1CCCO1. The summed E-state index contributed by atoms with van der Waals surface area (Å²) in [7, 11) is 0. The molecule has 0 bridgehead atoms. The summed E-state index contributed by atoms with van der Waals surface area (Å²) in [4.78, 5) is 13.9. The summed E-state index contributed by atoms with van der Waals surface area (Å²) < 4.78 is 5.48. The molecular formula is C12H24N2O2. The van der Waals surface area contributed by atoms with Gasteiger partial charge in [-0.1, -0.05) is 6.92 Å². The maximum absolute atomic E-state index is 12.0. The molecule has 4 heteroatoms. The second-order valence-electron chi connectivity index (χ2n) is 4.61. The average molecular weight is 228 g/mol. The molecule has 1 aliphatic heterocycles. The zero-order valence-corrected chi connectivity index (χ0v) is 10.4. The first-order valence-corrected chi connectivity index (χ1v) is 6.26. The molecule has 1 aliphatic rings. The molecule has 0 aromatic carbocycles. The quantitative estimate of drug-likeness (QED) is 0.738. The van der Waals surface area contributed by atoms with Gasteiger partial charge < -0.3 is 15.4 Å². The van der Waals surface area contributed by atoms with Gasteiger partial charge in [-0.2, -0.15) is 0 Å². The van der Waals surface area contributed by atoms with Crippen molar-refractivity contribution in [1.29, 1.82) is 0 Å². The Bertz CT molecular complexity index is 215. The average Bonchev–Trinajstić information content (AvgIpc) is 2.77. The first kappa shape index (κ1) is 13.5. The number of hydrogen-bond donors (Lipinski definition) is 1. The van der Waals surface area contributed by atoms with Crippen LogP contribution in [0.1, 0.15) is 33.1 Å². The molecular weight excluding hydrogens is 204 g/mol. The minimum atomic E-state index is 0.148. The molecule has 16 heavy (non-hydrogen) atoms. The van der Waals surface area contributed by atoms with Crippen molar-refractivity contribution in [2.24, 2.45) is 11.7 Å². The highest BCUT2D eigenvalue weighted by molar-refractivity contribution is 5.76. The molecule has 1 saturated heterocycles. The van der Waals surface area contributed by atoms with Crippen LogP contribution in [0.2, 0.25) is 0 Å². The third-order valence-corrected chi connectivity index (χ3v) is 3.10. The first-order chi connectivity index (χ1) is 7.67. The molecule has 0 spiro atoms. The molecule has 0 aromatic heterocycles. The summed E-state index contributed by atoms with van der Waals surface area (Å²) in [6.45, 7) is 7.04. The zero-order chi connectivity index (χ0) is 12.0. The fourth-order valence-electron chi connectivity index (χ4n) is 1.99. The number of carbonyl (C=O) groups is 1. The van der Waals surface area contributed by atoms with Crippen LogP contribution >= 0.6 is 0 Å². The van der Waals surface area contributed by atoms with E-state index in [1.165, 1.54) is 0 Å². The molecule has 2 atom stereocenters. The molecule has 0 saturated carbocycles. The topological polar surface area (TPSA) is 55.6 Å². The fraction of sp³-hybridized carbons (Fsp3) is 0.917. The van der Waals surface area contributed by atoms with Crippen LogP contribution < -0.4 is 5.73 Å². The van der Waals surface area contributed by atoms with Gasteiger partial charge in [-0.05, 0) is 32.2 Å². The van der Waals surface area contributed by atoms with E-state index in [4.69, 9.17) is 10.5 Å². The normalized spacial score (nSPS) is 22.1. The van der Waals surface area contributed by atoms with E-state index in [0.29, 0.717) is 18.9 Å². The molecule has 0 radical (unpaired) electrons. The summed E-state index contributed by atoms with van der Waals surface area (Å²) in [5.74, 6) is 0.572. The number of amides is 1. The van der Waals surface area contributed by atoms with E-state index in [9.17, 15) is 4.79 Å². The Morgan fingerprint density at radius 2 is 2.38 bits per heavy atom. The smallest absolute Gasteiger partial charge is 0.225 e. The summed E-state index contributed by atoms with van der Waals surface area (Å²) in [5, 5.41) is 0. The lowest BCUT2D eigenvalue weighted by molar-refractivity contribution is -0.133. The third-order valence-electron chi connectivity index (χ3n) is 3.10. The highest BCUT2D eigenvalue weighted by atomic mass is 16.5. The van der Waals surface area contributed by atoms with Crippen LogP contribution in [0.5, 0.6) is 0 Å². The Morgan fingerprint density at radius 1 is 1.62 bits per heavy atom. The van der Waals surface area contributed by atoms with Gasteiger partial charge in [0, 0.05) is 19.7 Å². The van der Waals surface area contributed by atoms with Crippen molar-refractivity contribution in [2.75, 3.05) is 26.2 Å². The maximum atomic E-state index is 12.0. The van der Waals surface area contributed by atoms with Crippen LogP contribution in [0, 0.1) is 5.92 Å². The van der Waals surface area contributed by atoms with Gasteiger partial charge in [-0.3, -0.25) is 4.79 Å². The predicted molar refractivity (Wildman–Crippen MR) is 64.1 cm³/mol. The van der Waals surface area contributed by atoms with Crippen molar-refractivity contribution in [3.8, 4) is 0 Å². The minimum Gasteiger partial charge on any atom is -0.378 e. The lowest BCUT2D eigenvalue weighted by atomic mass is 10.1. The predicted octanol–water partition coefficient (Wildman–Crippen LogP) is 0.999. The van der Waals surface area contributed by atoms with Gasteiger partial charge in [0.1, 0.15) is 0 Å². The molecule has 2 N–H and O–H groups in total. The standard InChI is InChI=1S/C12H24N2O2/c1-3-14(9-10(2)8-13)12(15)7-11-5-4-6-16-11/h10-11H,3-9,13H2,1-2H3. The monoisotopic (exact) mass is 228 g/mol. The molecule has 1 rings (SSSR count). The lowest BCUT2D eigenvalue weighted by Gasteiger charge is -2.25. The van der Waals surface area contributed by atoms with Crippen molar-refractivity contribution in [2.45, 2.75) is 39.2 Å². The Hall–Kier alpha value is -0.610. The molecule has 0 aliphatic carbocycles. The van der Waals surface area contributed by atoms with Crippen molar-refractivity contribution >= 4 is 5.91 Å². The zero-order valence-electron chi connectivity index (χ0n) is 10.4. The molecule has 0 aromatic rings. The molecule has 1 amide bonds. The minimum absolute atomic E-state index is 0.148. The van der Waals surface area contributed by atoms with Crippen LogP contribution in [0.4, 0.5) is 0 Å². The van der Waals surface area contributed by atoms with Crippen molar-refractivity contribution in [1.82, 2.24) is 4.90 Å². The summed E-state index contributed by atoms with van der Waals surface area (Å²) >= 11 is 0. The van der Waals surface area contributed by atoms with Gasteiger partial charge in [-0.15, -0.1) is 0 Å². The lowest BCUT2D eigenvalue weighted by Crippen LogP contribution is -2.38. The second-order valence-corrected chi connectivity index (χ2v) is 4.61. The highest BCUT2D eigenvalue weighted by Gasteiger charge is 2.22. The number of nitrogens with two attached hydrogens (primary N) is 1. The van der Waals surface area contributed by atoms with E-state index in [1.807, 2.05) is 11.8 Å². The molecule has 1 fully saturated rings. The summed E-state index contributed by atoms with van der Waals surface area (Å²) in [6.07, 6.45) is 2.79. The van der Waals surface area contributed by atoms with Crippen molar-refractivity contribution < 1.29 is 9.53 Å². The number of ether oxygens (including phenoxy) is 1. The largest absolute Gasteiger partial charge is 0.378 e. The van der Waals surface area contributed by atoms with E-state index in [-0.39, 0.29) is 12.0 Å². The Kier molecular flexibility index (Phi) is 5.77. The van der Waals surface area contributed by atoms with E-state index in [1.54, 1.807) is 0 Å². The van der Waals surface area contributed by atoms with E-state index in [0.717, 1.165) is 32.5 Å². The van der Waals surface area contributed by atoms with Crippen molar-refractivity contribution in [3.63, 3.8) is 0 Å². The van der Waals surface area contributed by atoms with Gasteiger partial charge in [-0.25, -0.2) is 0 Å². The molecule has 4 nitrogen and oxygen atoms in total. The van der Waals surface area contributed by atoms with E-state index >= 15 is 0 Å². The molecule has 1 heterocycles. The second kappa shape index (κ2) is 6.86. The number of rotatable bonds is 6. The van der Waals surface area contributed by atoms with Crippen LogP contribution in [0.15, 0.2) is 0 Å². The van der Waals surface area contributed by atoms with Gasteiger partial charge in [0.05, 0.1) is 12.5 Å². The maximum Gasteiger partial charge on any atom is 0.225 e. The van der Waals surface area contributed by atoms with Gasteiger partial charge in [0.25, 0.3) is 0 Å². The molecule has 2 unspecified atom stereocenters. The summed E-state index contributed by atoms with van der Waals surface area (Å²) in [6, 6.07) is 0. The van der Waals surface area contributed by atoms with Crippen LogP contribution in [-0.4, -0.2) is 43.2 Å². The third kappa shape index (κ3) is 4.10. The fourth-order valence-corrected chi connectivity index (χ4v) is 1.99. The number of nitrogens with zero attached hydrogens (tertiary/aromatic N) is 1. The van der Waals surface area contributed by atoms with Crippen LogP contribution in [0.25, 0.3) is 0 Å². The van der Waals surface area contributed by atoms with Crippen LogP contribution in [-0.2, 0) is 9.53 Å². The Labute approximate surface area is 98.1 Å². The Balaban J connectivity index is 2.35. The van der Waals surface area contributed by atoms with Crippen LogP contribution in [0.3, 0.4) is 0 Å². The van der Waals surface area contributed by atoms with E-state index in [2.05, 4.69) is 6.92 Å². The molecule has 94 valence electrons. The van der Waals surface area contributed by atoms with Gasteiger partial charge in [0.15, 0.2) is 0 Å². The van der Waals surface area contributed by atoms with Crippen molar-refractivity contribution in [3.05, 3.63) is 0 Å². The van der Waals surface area contributed by atoms with Gasteiger partial charge in [0.2, 0.25) is 5.91 Å². The number of carbonyl (C=O) groups excluding carboxylic acids is 1. The number of hydrogen-bond acceptors (Lipinski definition) is 3. The highest BCUT2D eigenvalue weighted by Crippen LogP contribution is 2.16. The summed E-state index contributed by atoms with van der Waals surface area (Å²) in [5.41, 5.74) is 5.58. The van der Waals surface area contributed by atoms with E-state index < -0.39 is 0 Å². The van der Waals surface area contributed by atoms with Gasteiger partial charge >= 0.3 is 0 Å².